The summed E-state index contributed by atoms with van der Waals surface area (Å²) >= 11 is 0. The zero-order chi connectivity index (χ0) is 20.0. The topological polar surface area (TPSA) is 75.4 Å². The Hall–Kier alpha value is -2.63. The number of nitrogens with one attached hydrogen (secondary N) is 1. The Labute approximate surface area is 161 Å². The SMILES string of the molecule is Cc1ccc(C(=O)N(Cc2nc(C(=O)NCC(C)C)co2)CC(C)C)cc1. The Morgan fingerprint density at radius 2 is 1.78 bits per heavy atom. The maximum atomic E-state index is 12.9. The first-order chi connectivity index (χ1) is 12.8. The summed E-state index contributed by atoms with van der Waals surface area (Å²) in [5.41, 5.74) is 1.97. The summed E-state index contributed by atoms with van der Waals surface area (Å²) in [4.78, 5) is 30.9. The van der Waals surface area contributed by atoms with Crippen molar-refractivity contribution in [3.63, 3.8) is 0 Å². The predicted molar refractivity (Wildman–Crippen MR) is 104 cm³/mol. The van der Waals surface area contributed by atoms with Crippen molar-refractivity contribution in [2.45, 2.75) is 41.2 Å². The van der Waals surface area contributed by atoms with Gasteiger partial charge in [0.25, 0.3) is 11.8 Å². The Kier molecular flexibility index (Phi) is 7.16. The van der Waals surface area contributed by atoms with E-state index in [-0.39, 0.29) is 24.1 Å². The van der Waals surface area contributed by atoms with E-state index in [2.05, 4.69) is 24.1 Å². The molecule has 2 rings (SSSR count). The maximum Gasteiger partial charge on any atom is 0.273 e. The van der Waals surface area contributed by atoms with Crippen LogP contribution in [0.4, 0.5) is 0 Å². The minimum absolute atomic E-state index is 0.0762. The van der Waals surface area contributed by atoms with Crippen LogP contribution in [0.3, 0.4) is 0 Å². The van der Waals surface area contributed by atoms with Crippen LogP contribution in [0.25, 0.3) is 0 Å². The lowest BCUT2D eigenvalue weighted by atomic mass is 10.1. The Morgan fingerprint density at radius 3 is 2.37 bits per heavy atom. The van der Waals surface area contributed by atoms with Gasteiger partial charge in [-0.15, -0.1) is 0 Å². The first-order valence-corrected chi connectivity index (χ1v) is 9.34. The molecule has 1 heterocycles. The Balaban J connectivity index is 2.11. The molecule has 0 aliphatic carbocycles. The second-order valence-electron chi connectivity index (χ2n) is 7.68. The standard InChI is InChI=1S/C21H29N3O3/c1-14(2)10-22-20(25)18-13-27-19(23-18)12-24(11-15(3)4)21(26)17-8-6-16(5)7-9-17/h6-9,13-15H,10-12H2,1-5H3,(H,22,25). The molecule has 1 aromatic heterocycles. The summed E-state index contributed by atoms with van der Waals surface area (Å²) in [7, 11) is 0. The van der Waals surface area contributed by atoms with Crippen LogP contribution in [-0.2, 0) is 6.54 Å². The Morgan fingerprint density at radius 1 is 1.11 bits per heavy atom. The van der Waals surface area contributed by atoms with E-state index in [4.69, 9.17) is 4.42 Å². The van der Waals surface area contributed by atoms with E-state index in [9.17, 15) is 9.59 Å². The van der Waals surface area contributed by atoms with E-state index in [0.29, 0.717) is 36.4 Å². The van der Waals surface area contributed by atoms with E-state index in [0.717, 1.165) is 5.56 Å². The number of aromatic nitrogens is 1. The number of benzene rings is 1. The number of aryl methyl sites for hydroxylation is 1. The highest BCUT2D eigenvalue weighted by atomic mass is 16.3. The number of amides is 2. The summed E-state index contributed by atoms with van der Waals surface area (Å²) in [5.74, 6) is 0.662. The van der Waals surface area contributed by atoms with Gasteiger partial charge in [0.05, 0.1) is 6.54 Å². The fourth-order valence-corrected chi connectivity index (χ4v) is 2.58. The van der Waals surface area contributed by atoms with Crippen molar-refractivity contribution >= 4 is 11.8 Å². The van der Waals surface area contributed by atoms with Crippen molar-refractivity contribution < 1.29 is 14.0 Å². The van der Waals surface area contributed by atoms with Crippen molar-refractivity contribution in [3.05, 3.63) is 53.2 Å². The first kappa shape index (κ1) is 20.7. The molecule has 146 valence electrons. The highest BCUT2D eigenvalue weighted by Gasteiger charge is 2.21. The number of carbonyl (C=O) groups excluding carboxylic acids is 2. The molecule has 1 aromatic carbocycles. The number of hydrogen-bond donors (Lipinski definition) is 1. The van der Waals surface area contributed by atoms with Crippen molar-refractivity contribution in [1.82, 2.24) is 15.2 Å². The number of rotatable bonds is 8. The minimum atomic E-state index is -0.265. The molecule has 2 aromatic rings. The van der Waals surface area contributed by atoms with Gasteiger partial charge in [-0.25, -0.2) is 4.98 Å². The van der Waals surface area contributed by atoms with Crippen LogP contribution in [0.1, 0.15) is 60.0 Å². The van der Waals surface area contributed by atoms with E-state index in [1.165, 1.54) is 6.26 Å². The monoisotopic (exact) mass is 371 g/mol. The smallest absolute Gasteiger partial charge is 0.273 e. The zero-order valence-corrected chi connectivity index (χ0v) is 16.8. The number of carbonyl (C=O) groups is 2. The summed E-state index contributed by atoms with van der Waals surface area (Å²) in [6, 6.07) is 7.49. The van der Waals surface area contributed by atoms with Gasteiger partial charge in [0, 0.05) is 18.7 Å². The van der Waals surface area contributed by atoms with Crippen LogP contribution in [0, 0.1) is 18.8 Å². The van der Waals surface area contributed by atoms with E-state index < -0.39 is 0 Å². The van der Waals surface area contributed by atoms with E-state index >= 15 is 0 Å². The quantitative estimate of drug-likeness (QED) is 0.768. The molecule has 6 heteroatoms. The molecule has 0 atom stereocenters. The van der Waals surface area contributed by atoms with Gasteiger partial charge < -0.3 is 14.6 Å². The summed E-state index contributed by atoms with van der Waals surface area (Å²) < 4.78 is 5.44. The van der Waals surface area contributed by atoms with Crippen molar-refractivity contribution in [2.24, 2.45) is 11.8 Å². The third-order valence-electron chi connectivity index (χ3n) is 3.95. The van der Waals surface area contributed by atoms with Crippen LogP contribution in [0.5, 0.6) is 0 Å². The maximum absolute atomic E-state index is 12.9. The van der Waals surface area contributed by atoms with Crippen molar-refractivity contribution in [1.29, 1.82) is 0 Å². The van der Waals surface area contributed by atoms with Crippen molar-refractivity contribution in [3.8, 4) is 0 Å². The normalized spacial score (nSPS) is 11.1. The largest absolute Gasteiger partial charge is 0.446 e. The fraction of sp³-hybridized carbons (Fsp3) is 0.476. The van der Waals surface area contributed by atoms with Crippen molar-refractivity contribution in [2.75, 3.05) is 13.1 Å². The lowest BCUT2D eigenvalue weighted by Crippen LogP contribution is -2.34. The molecule has 0 unspecified atom stereocenters. The lowest BCUT2D eigenvalue weighted by Gasteiger charge is -2.23. The molecule has 27 heavy (non-hydrogen) atoms. The zero-order valence-electron chi connectivity index (χ0n) is 16.8. The molecular weight excluding hydrogens is 342 g/mol. The second-order valence-corrected chi connectivity index (χ2v) is 7.68. The third kappa shape index (κ3) is 6.24. The molecule has 0 radical (unpaired) electrons. The molecule has 0 bridgehead atoms. The number of nitrogens with zero attached hydrogens (tertiary/aromatic N) is 2. The number of hydrogen-bond acceptors (Lipinski definition) is 4. The minimum Gasteiger partial charge on any atom is -0.446 e. The van der Waals surface area contributed by atoms with Crippen LogP contribution in [0.2, 0.25) is 0 Å². The van der Waals surface area contributed by atoms with E-state index in [1.807, 2.05) is 45.0 Å². The van der Waals surface area contributed by atoms with Crippen LogP contribution < -0.4 is 5.32 Å². The van der Waals surface area contributed by atoms with Crippen LogP contribution in [0.15, 0.2) is 34.9 Å². The number of oxazole rings is 1. The van der Waals surface area contributed by atoms with E-state index in [1.54, 1.807) is 4.90 Å². The van der Waals surface area contributed by atoms with Crippen LogP contribution in [-0.4, -0.2) is 34.8 Å². The summed E-state index contributed by atoms with van der Waals surface area (Å²) in [6.45, 7) is 11.5. The van der Waals surface area contributed by atoms with Crippen LogP contribution >= 0.6 is 0 Å². The molecule has 2 amide bonds. The first-order valence-electron chi connectivity index (χ1n) is 9.34. The molecule has 6 nitrogen and oxygen atoms in total. The van der Waals surface area contributed by atoms with Gasteiger partial charge in [-0.3, -0.25) is 9.59 Å². The molecule has 0 aliphatic rings. The molecule has 0 aliphatic heterocycles. The molecule has 0 saturated heterocycles. The predicted octanol–water partition coefficient (Wildman–Crippen LogP) is 3.67. The summed E-state index contributed by atoms with van der Waals surface area (Å²) in [6.07, 6.45) is 1.34. The third-order valence-corrected chi connectivity index (χ3v) is 3.95. The van der Waals surface area contributed by atoms with Gasteiger partial charge >= 0.3 is 0 Å². The van der Waals surface area contributed by atoms with Gasteiger partial charge in [0.2, 0.25) is 5.89 Å². The van der Waals surface area contributed by atoms with Gasteiger partial charge in [-0.05, 0) is 30.9 Å². The lowest BCUT2D eigenvalue weighted by molar-refractivity contribution is 0.0706. The highest BCUT2D eigenvalue weighted by molar-refractivity contribution is 5.94. The van der Waals surface area contributed by atoms with Gasteiger partial charge in [-0.1, -0.05) is 45.4 Å². The molecule has 0 saturated carbocycles. The second kappa shape index (κ2) is 9.35. The average molecular weight is 371 g/mol. The van der Waals surface area contributed by atoms with Gasteiger partial charge in [0.15, 0.2) is 5.69 Å². The Bertz CT molecular complexity index is 763. The molecule has 0 fully saturated rings. The molecule has 0 spiro atoms. The molecular formula is C21H29N3O3. The highest BCUT2D eigenvalue weighted by Crippen LogP contribution is 2.13. The summed E-state index contributed by atoms with van der Waals surface area (Å²) in [5, 5.41) is 2.81. The van der Waals surface area contributed by atoms with Gasteiger partial charge in [-0.2, -0.15) is 0 Å². The van der Waals surface area contributed by atoms with Gasteiger partial charge in [0.1, 0.15) is 6.26 Å². The molecule has 1 N–H and O–H groups in total. The average Bonchev–Trinajstić information content (AvgIpc) is 3.07. The fourth-order valence-electron chi connectivity index (χ4n) is 2.58.